The molecule has 0 aliphatic carbocycles. The Kier molecular flexibility index (Phi) is 4.48. The zero-order valence-electron chi connectivity index (χ0n) is 12.7. The third kappa shape index (κ3) is 3.63. The first kappa shape index (κ1) is 15.4. The van der Waals surface area contributed by atoms with Crippen LogP contribution in [0.25, 0.3) is 6.08 Å². The Morgan fingerprint density at radius 1 is 1.04 bits per heavy atom. The van der Waals surface area contributed by atoms with E-state index in [0.29, 0.717) is 4.91 Å². The number of hydrogen-bond donors (Lipinski definition) is 1. The van der Waals surface area contributed by atoms with Crippen LogP contribution in [0.4, 0.5) is 10.5 Å². The second-order valence-electron chi connectivity index (χ2n) is 5.22. The second-order valence-corrected chi connectivity index (χ2v) is 6.21. The predicted octanol–water partition coefficient (Wildman–Crippen LogP) is 4.10. The highest BCUT2D eigenvalue weighted by atomic mass is 32.2. The van der Waals surface area contributed by atoms with E-state index in [9.17, 15) is 9.59 Å². The number of amides is 2. The molecule has 1 saturated heterocycles. The fraction of sp³-hybridized carbons (Fsp3) is 0.111. The van der Waals surface area contributed by atoms with Gasteiger partial charge in [0.15, 0.2) is 0 Å². The molecule has 5 heteroatoms. The molecule has 0 radical (unpaired) electrons. The summed E-state index contributed by atoms with van der Waals surface area (Å²) in [5.41, 5.74) is 2.94. The van der Waals surface area contributed by atoms with Gasteiger partial charge in [-0.25, -0.2) is 0 Å². The quantitative estimate of drug-likeness (QED) is 0.860. The van der Waals surface area contributed by atoms with Crippen LogP contribution in [0.2, 0.25) is 0 Å². The summed E-state index contributed by atoms with van der Waals surface area (Å²) in [6.45, 7) is 2.18. The Morgan fingerprint density at radius 2 is 1.74 bits per heavy atom. The molecule has 116 valence electrons. The molecule has 1 aliphatic heterocycles. The van der Waals surface area contributed by atoms with Gasteiger partial charge < -0.3 is 5.32 Å². The van der Waals surface area contributed by atoms with Crippen LogP contribution in [0.3, 0.4) is 0 Å². The van der Waals surface area contributed by atoms with Crippen LogP contribution in [-0.2, 0) is 4.79 Å². The highest BCUT2D eigenvalue weighted by Gasteiger charge is 2.34. The maximum atomic E-state index is 12.4. The van der Waals surface area contributed by atoms with E-state index in [1.165, 1.54) is 4.90 Å². The summed E-state index contributed by atoms with van der Waals surface area (Å²) in [5, 5.41) is 2.85. The van der Waals surface area contributed by atoms with Crippen LogP contribution in [0, 0.1) is 6.92 Å². The number of nitrogens with zero attached hydrogens (tertiary/aromatic N) is 1. The number of aryl methyl sites for hydroxylation is 1. The van der Waals surface area contributed by atoms with Gasteiger partial charge in [-0.2, -0.15) is 0 Å². The minimum Gasteiger partial charge on any atom is -0.367 e. The molecule has 2 amide bonds. The topological polar surface area (TPSA) is 49.4 Å². The number of rotatable bonds is 4. The molecule has 1 heterocycles. The van der Waals surface area contributed by atoms with Crippen molar-refractivity contribution in [2.75, 3.05) is 12.0 Å². The van der Waals surface area contributed by atoms with E-state index in [-0.39, 0.29) is 17.8 Å². The van der Waals surface area contributed by atoms with Crippen molar-refractivity contribution in [1.82, 2.24) is 4.90 Å². The summed E-state index contributed by atoms with van der Waals surface area (Å²) < 4.78 is 0. The number of imide groups is 1. The number of carbonyl (C=O) groups is 2. The Labute approximate surface area is 139 Å². The van der Waals surface area contributed by atoms with Gasteiger partial charge in [0, 0.05) is 5.69 Å². The summed E-state index contributed by atoms with van der Waals surface area (Å²) in [6.07, 6.45) is 1.75. The van der Waals surface area contributed by atoms with Crippen LogP contribution in [0.15, 0.2) is 59.5 Å². The number of nitrogens with one attached hydrogen (secondary N) is 1. The molecule has 1 fully saturated rings. The Bertz CT molecular complexity index is 754. The van der Waals surface area contributed by atoms with E-state index >= 15 is 0 Å². The molecule has 3 rings (SSSR count). The molecule has 2 aromatic rings. The number of benzene rings is 2. The van der Waals surface area contributed by atoms with Crippen molar-refractivity contribution in [3.8, 4) is 0 Å². The first-order valence-electron chi connectivity index (χ1n) is 7.24. The number of anilines is 1. The third-order valence-corrected chi connectivity index (χ3v) is 4.37. The lowest BCUT2D eigenvalue weighted by molar-refractivity contribution is -0.122. The lowest BCUT2D eigenvalue weighted by Gasteiger charge is -2.14. The normalized spacial score (nSPS) is 16.2. The lowest BCUT2D eigenvalue weighted by atomic mass is 10.2. The number of hydrogen-bond acceptors (Lipinski definition) is 4. The van der Waals surface area contributed by atoms with Gasteiger partial charge >= 0.3 is 0 Å². The SMILES string of the molecule is Cc1ccc(NCN2C(=O)S/C(=C\c3ccccc3)C2=O)cc1. The molecular weight excluding hydrogens is 308 g/mol. The van der Waals surface area contributed by atoms with E-state index in [1.807, 2.05) is 61.5 Å². The fourth-order valence-electron chi connectivity index (χ4n) is 2.18. The van der Waals surface area contributed by atoms with E-state index < -0.39 is 0 Å². The molecule has 23 heavy (non-hydrogen) atoms. The molecule has 1 N–H and O–H groups in total. The minimum absolute atomic E-state index is 0.167. The van der Waals surface area contributed by atoms with Crippen LogP contribution in [0.5, 0.6) is 0 Å². The number of thioether (sulfide) groups is 1. The van der Waals surface area contributed by atoms with E-state index in [0.717, 1.165) is 28.6 Å². The number of carbonyl (C=O) groups excluding carboxylic acids is 2. The van der Waals surface area contributed by atoms with E-state index in [2.05, 4.69) is 5.32 Å². The Morgan fingerprint density at radius 3 is 2.43 bits per heavy atom. The summed E-state index contributed by atoms with van der Waals surface area (Å²) in [6, 6.07) is 17.3. The average molecular weight is 324 g/mol. The van der Waals surface area contributed by atoms with Crippen molar-refractivity contribution in [1.29, 1.82) is 0 Å². The van der Waals surface area contributed by atoms with Gasteiger partial charge in [0.1, 0.15) is 0 Å². The minimum atomic E-state index is -0.261. The van der Waals surface area contributed by atoms with Crippen molar-refractivity contribution < 1.29 is 9.59 Å². The van der Waals surface area contributed by atoms with Crippen molar-refractivity contribution in [3.63, 3.8) is 0 Å². The van der Waals surface area contributed by atoms with Gasteiger partial charge in [-0.1, -0.05) is 48.0 Å². The maximum Gasteiger partial charge on any atom is 0.295 e. The van der Waals surface area contributed by atoms with Crippen molar-refractivity contribution in [2.24, 2.45) is 0 Å². The Hall–Kier alpha value is -2.53. The van der Waals surface area contributed by atoms with Gasteiger partial charge in [0.25, 0.3) is 11.1 Å². The van der Waals surface area contributed by atoms with Crippen molar-refractivity contribution in [3.05, 3.63) is 70.6 Å². The average Bonchev–Trinajstić information content (AvgIpc) is 2.82. The summed E-state index contributed by atoms with van der Waals surface area (Å²) in [4.78, 5) is 26.1. The fourth-order valence-corrected chi connectivity index (χ4v) is 3.02. The zero-order valence-corrected chi connectivity index (χ0v) is 13.5. The van der Waals surface area contributed by atoms with E-state index in [1.54, 1.807) is 6.08 Å². The largest absolute Gasteiger partial charge is 0.367 e. The van der Waals surface area contributed by atoms with Crippen molar-refractivity contribution in [2.45, 2.75) is 6.92 Å². The zero-order chi connectivity index (χ0) is 16.2. The summed E-state index contributed by atoms with van der Waals surface area (Å²) in [5.74, 6) is -0.261. The van der Waals surface area contributed by atoms with Crippen LogP contribution in [-0.4, -0.2) is 22.7 Å². The van der Waals surface area contributed by atoms with E-state index in [4.69, 9.17) is 0 Å². The molecular formula is C18H16N2O2S. The molecule has 1 aliphatic rings. The first-order chi connectivity index (χ1) is 11.1. The molecule has 0 atom stereocenters. The molecule has 0 unspecified atom stereocenters. The van der Waals surface area contributed by atoms with Gasteiger partial charge in [-0.15, -0.1) is 0 Å². The first-order valence-corrected chi connectivity index (χ1v) is 8.06. The maximum absolute atomic E-state index is 12.4. The van der Waals surface area contributed by atoms with Crippen LogP contribution in [0.1, 0.15) is 11.1 Å². The summed E-state index contributed by atoms with van der Waals surface area (Å²) >= 11 is 0.973. The van der Waals surface area contributed by atoms with Gasteiger partial charge in [-0.3, -0.25) is 14.5 Å². The van der Waals surface area contributed by atoms with Crippen LogP contribution < -0.4 is 5.32 Å². The van der Waals surface area contributed by atoms with Gasteiger partial charge in [-0.05, 0) is 42.5 Å². The highest BCUT2D eigenvalue weighted by Crippen LogP contribution is 2.32. The third-order valence-electron chi connectivity index (χ3n) is 3.46. The monoisotopic (exact) mass is 324 g/mol. The second kappa shape index (κ2) is 6.71. The van der Waals surface area contributed by atoms with Gasteiger partial charge in [0.2, 0.25) is 0 Å². The molecule has 0 saturated carbocycles. The summed E-state index contributed by atoms with van der Waals surface area (Å²) in [7, 11) is 0. The highest BCUT2D eigenvalue weighted by molar-refractivity contribution is 8.18. The molecule has 2 aromatic carbocycles. The molecule has 0 spiro atoms. The standard InChI is InChI=1S/C18H16N2O2S/c1-13-7-9-15(10-8-13)19-12-20-17(21)16(23-18(20)22)11-14-5-3-2-4-6-14/h2-11,19H,12H2,1H3/b16-11-. The lowest BCUT2D eigenvalue weighted by Crippen LogP contribution is -2.33. The van der Waals surface area contributed by atoms with Gasteiger partial charge in [0.05, 0.1) is 11.6 Å². The molecule has 0 aromatic heterocycles. The Balaban J connectivity index is 1.69. The molecule has 4 nitrogen and oxygen atoms in total. The van der Waals surface area contributed by atoms with Crippen LogP contribution >= 0.6 is 11.8 Å². The smallest absolute Gasteiger partial charge is 0.295 e. The predicted molar refractivity (Wildman–Crippen MR) is 93.9 cm³/mol. The molecule has 0 bridgehead atoms. The van der Waals surface area contributed by atoms with Crippen molar-refractivity contribution >= 4 is 34.7 Å².